The fraction of sp³-hybridized carbons (Fsp3) is 0.0465. The second-order valence-corrected chi connectivity index (χ2v) is 13.4. The zero-order valence-electron chi connectivity index (χ0n) is 27.1. The summed E-state index contributed by atoms with van der Waals surface area (Å²) in [7, 11) is 0. The van der Waals surface area contributed by atoms with Gasteiger partial charge < -0.3 is 5.11 Å². The average Bonchev–Trinajstić information content (AvgIpc) is 3.77. The Kier molecular flexibility index (Phi) is 8.12. The molecule has 5 aromatic carbocycles. The summed E-state index contributed by atoms with van der Waals surface area (Å²) in [5.74, 6) is -0.950. The third kappa shape index (κ3) is 5.31. The van der Waals surface area contributed by atoms with Crippen molar-refractivity contribution in [3.05, 3.63) is 196 Å². The first-order chi connectivity index (χ1) is 24.4. The van der Waals surface area contributed by atoms with Crippen molar-refractivity contribution < 1.29 is 9.90 Å². The van der Waals surface area contributed by atoms with E-state index in [-0.39, 0.29) is 5.56 Å². The topological polar surface area (TPSA) is 72.4 Å². The number of carboxylic acids is 1. The van der Waals surface area contributed by atoms with Crippen molar-refractivity contribution in [3.63, 3.8) is 0 Å². The molecule has 0 bridgehead atoms. The summed E-state index contributed by atoms with van der Waals surface area (Å²) in [4.78, 5) is 16.7. The summed E-state index contributed by atoms with van der Waals surface area (Å²) < 4.78 is 5.22. The third-order valence-corrected chi connectivity index (χ3v) is 10.1. The molecule has 0 saturated carbocycles. The number of pyridine rings is 1. The van der Waals surface area contributed by atoms with Gasteiger partial charge >= 0.3 is 5.97 Å². The zero-order chi connectivity index (χ0) is 34.2. The minimum absolute atomic E-state index is 0.273. The lowest BCUT2D eigenvalue weighted by atomic mass is 9.77. The van der Waals surface area contributed by atoms with Crippen LogP contribution in [-0.2, 0) is 5.54 Å². The van der Waals surface area contributed by atoms with Crippen molar-refractivity contribution in [2.45, 2.75) is 12.5 Å². The van der Waals surface area contributed by atoms with Crippen LogP contribution in [-0.4, -0.2) is 30.2 Å². The molecule has 0 aliphatic rings. The number of nitrogens with zero attached hydrogens (tertiary/aromatic N) is 4. The Morgan fingerprint density at radius 3 is 1.84 bits per heavy atom. The van der Waals surface area contributed by atoms with E-state index in [2.05, 4.69) is 134 Å². The van der Waals surface area contributed by atoms with Gasteiger partial charge in [-0.2, -0.15) is 5.10 Å². The number of aryl methyl sites for hydroxylation is 1. The molecule has 0 aliphatic heterocycles. The summed E-state index contributed by atoms with van der Waals surface area (Å²) >= 11 is 2.31. The van der Waals surface area contributed by atoms with Gasteiger partial charge in [-0.15, -0.1) is 0 Å². The van der Waals surface area contributed by atoms with E-state index in [9.17, 15) is 9.90 Å². The van der Waals surface area contributed by atoms with Gasteiger partial charge in [0.15, 0.2) is 0 Å². The number of rotatable bonds is 8. The standard InChI is InChI=1S/C43H31IN4O2/c1-29-25-30(21-23-35(29)36-19-11-12-20-37(36)42(49)50)41-38(31-22-24-40-45-26-39(44)47(40)27-31)28-48(46-41)43(32-13-5-2-6-14-32,33-15-7-3-8-16-33)34-17-9-4-10-18-34/h2-28H,1H3,(H,49,50). The maximum absolute atomic E-state index is 12.1. The summed E-state index contributed by atoms with van der Waals surface area (Å²) in [5.41, 5.74) is 9.78. The highest BCUT2D eigenvalue weighted by atomic mass is 127. The molecule has 0 amide bonds. The summed E-state index contributed by atoms with van der Waals surface area (Å²) in [6.45, 7) is 2.02. The predicted molar refractivity (Wildman–Crippen MR) is 206 cm³/mol. The van der Waals surface area contributed by atoms with Gasteiger partial charge in [0.05, 0.1) is 11.8 Å². The Labute approximate surface area is 303 Å². The minimum Gasteiger partial charge on any atom is -0.478 e. The number of halogens is 1. The van der Waals surface area contributed by atoms with Gasteiger partial charge in [0.2, 0.25) is 0 Å². The molecule has 0 atom stereocenters. The van der Waals surface area contributed by atoms with Crippen LogP contribution >= 0.6 is 22.6 Å². The molecule has 50 heavy (non-hydrogen) atoms. The van der Waals surface area contributed by atoms with Gasteiger partial charge in [0.25, 0.3) is 0 Å². The van der Waals surface area contributed by atoms with Crippen LogP contribution in [0.25, 0.3) is 39.2 Å². The first kappa shape index (κ1) is 31.5. The molecule has 3 heterocycles. The van der Waals surface area contributed by atoms with E-state index < -0.39 is 11.5 Å². The van der Waals surface area contributed by atoms with E-state index >= 15 is 0 Å². The number of imidazole rings is 1. The Bertz CT molecular complexity index is 2390. The molecule has 8 rings (SSSR count). The lowest BCUT2D eigenvalue weighted by Crippen LogP contribution is -2.38. The van der Waals surface area contributed by atoms with Gasteiger partial charge in [0.1, 0.15) is 20.6 Å². The summed E-state index contributed by atoms with van der Waals surface area (Å²) in [5, 5.41) is 15.5. The highest BCUT2D eigenvalue weighted by Gasteiger charge is 2.40. The van der Waals surface area contributed by atoms with Crippen LogP contribution in [0.1, 0.15) is 32.6 Å². The summed E-state index contributed by atoms with van der Waals surface area (Å²) in [6, 6.07) is 49.0. The number of benzene rings is 5. The quantitative estimate of drug-likeness (QED) is 0.124. The molecule has 0 aliphatic carbocycles. The van der Waals surface area contributed by atoms with Crippen LogP contribution in [0.5, 0.6) is 0 Å². The smallest absolute Gasteiger partial charge is 0.336 e. The Morgan fingerprint density at radius 1 is 0.660 bits per heavy atom. The van der Waals surface area contributed by atoms with E-state index in [0.29, 0.717) is 5.56 Å². The van der Waals surface area contributed by atoms with Crippen molar-refractivity contribution in [2.75, 3.05) is 0 Å². The lowest BCUT2D eigenvalue weighted by molar-refractivity contribution is 0.0697. The Balaban J connectivity index is 1.42. The van der Waals surface area contributed by atoms with Gasteiger partial charge in [0, 0.05) is 29.1 Å². The number of aromatic carboxylic acids is 1. The molecule has 6 nitrogen and oxygen atoms in total. The molecule has 0 spiro atoms. The molecule has 7 heteroatoms. The monoisotopic (exact) mass is 762 g/mol. The summed E-state index contributed by atoms with van der Waals surface area (Å²) in [6.07, 6.45) is 6.15. The fourth-order valence-electron chi connectivity index (χ4n) is 7.03. The SMILES string of the molecule is Cc1cc(-c2nn(C(c3ccccc3)(c3ccccc3)c3ccccc3)cc2-c2ccc3ncc(I)n3c2)ccc1-c1ccccc1C(=O)O. The molecular formula is C43H31IN4O2. The molecule has 1 N–H and O–H groups in total. The molecule has 0 radical (unpaired) electrons. The number of aromatic nitrogens is 4. The largest absolute Gasteiger partial charge is 0.478 e. The van der Waals surface area contributed by atoms with E-state index in [1.807, 2.05) is 61.7 Å². The number of fused-ring (bicyclic) bond motifs is 1. The molecule has 0 unspecified atom stereocenters. The van der Waals surface area contributed by atoms with Crippen LogP contribution in [0.3, 0.4) is 0 Å². The van der Waals surface area contributed by atoms with Crippen LogP contribution in [0.2, 0.25) is 0 Å². The Morgan fingerprint density at radius 2 is 1.24 bits per heavy atom. The molecule has 0 saturated heterocycles. The number of carbonyl (C=O) groups is 1. The second-order valence-electron chi connectivity index (χ2n) is 12.3. The van der Waals surface area contributed by atoms with Gasteiger partial charge in [-0.05, 0) is 87.2 Å². The van der Waals surface area contributed by atoms with Crippen LogP contribution in [0, 0.1) is 10.6 Å². The zero-order valence-corrected chi connectivity index (χ0v) is 29.3. The number of hydrogen-bond acceptors (Lipinski definition) is 3. The van der Waals surface area contributed by atoms with E-state index in [0.717, 1.165) is 59.5 Å². The van der Waals surface area contributed by atoms with Crippen molar-refractivity contribution in [1.29, 1.82) is 0 Å². The number of carboxylic acid groups (broad SMARTS) is 1. The average molecular weight is 763 g/mol. The van der Waals surface area contributed by atoms with E-state index in [4.69, 9.17) is 5.10 Å². The maximum atomic E-state index is 12.1. The maximum Gasteiger partial charge on any atom is 0.336 e. The first-order valence-corrected chi connectivity index (χ1v) is 17.4. The Hall–Kier alpha value is -5.80. The first-order valence-electron chi connectivity index (χ1n) is 16.3. The molecule has 242 valence electrons. The highest BCUT2D eigenvalue weighted by Crippen LogP contribution is 2.44. The minimum atomic E-state index is -0.950. The van der Waals surface area contributed by atoms with Crippen molar-refractivity contribution in [3.8, 4) is 33.5 Å². The normalized spacial score (nSPS) is 11.6. The molecular weight excluding hydrogens is 731 g/mol. The molecule has 8 aromatic rings. The van der Waals surface area contributed by atoms with Crippen molar-refractivity contribution >= 4 is 34.2 Å². The third-order valence-electron chi connectivity index (χ3n) is 9.35. The van der Waals surface area contributed by atoms with Gasteiger partial charge in [-0.25, -0.2) is 9.78 Å². The van der Waals surface area contributed by atoms with Crippen molar-refractivity contribution in [1.82, 2.24) is 19.2 Å². The van der Waals surface area contributed by atoms with E-state index in [1.165, 1.54) is 0 Å². The van der Waals surface area contributed by atoms with Crippen LogP contribution < -0.4 is 0 Å². The predicted octanol–water partition coefficient (Wildman–Crippen LogP) is 9.98. The van der Waals surface area contributed by atoms with Crippen LogP contribution in [0.4, 0.5) is 0 Å². The van der Waals surface area contributed by atoms with Crippen molar-refractivity contribution in [2.24, 2.45) is 0 Å². The number of hydrogen-bond donors (Lipinski definition) is 1. The van der Waals surface area contributed by atoms with Crippen LogP contribution in [0.15, 0.2) is 164 Å². The van der Waals surface area contributed by atoms with E-state index in [1.54, 1.807) is 12.1 Å². The highest BCUT2D eigenvalue weighted by molar-refractivity contribution is 14.1. The molecule has 0 fully saturated rings. The van der Waals surface area contributed by atoms with Gasteiger partial charge in [-0.3, -0.25) is 9.08 Å². The van der Waals surface area contributed by atoms with Gasteiger partial charge in [-0.1, -0.05) is 121 Å². The molecule has 3 aromatic heterocycles. The fourth-order valence-corrected chi connectivity index (χ4v) is 7.56. The second kappa shape index (κ2) is 12.9. The lowest BCUT2D eigenvalue weighted by Gasteiger charge is -2.36.